The van der Waals surface area contributed by atoms with E-state index in [4.69, 9.17) is 4.89 Å². The van der Waals surface area contributed by atoms with Crippen LogP contribution < -0.4 is 0 Å². The second kappa shape index (κ2) is 4.89. The monoisotopic (exact) mass is 226 g/mol. The minimum Gasteiger partial charge on any atom is -0.371 e. The van der Waals surface area contributed by atoms with Crippen molar-refractivity contribution in [1.82, 2.24) is 0 Å². The maximum Gasteiger partial charge on any atom is 0.529 e. The smallest absolute Gasteiger partial charge is 0.371 e. The molecule has 1 N–H and O–H groups in total. The molecule has 6 nitrogen and oxygen atoms in total. The Bertz CT molecular complexity index is 247. The number of phosphoric ester groups is 1. The number of nitrogens with zero attached hydrogens (tertiary/aromatic N) is 1. The molecule has 0 spiro atoms. The number of quaternary nitrogens is 1. The van der Waals surface area contributed by atoms with Crippen molar-refractivity contribution in [2.45, 2.75) is 6.92 Å². The number of likely N-dealkylation sites (N-methyl/N-ethyl adjacent to an activating group) is 1. The standard InChI is InChI=1S/C7H16NO5P/c1-7(9)13-14(10,11)12-6-5-8(2,3)4/h5-6H2,1-4H3/p+1. The third kappa shape index (κ3) is 8.19. The molecule has 1 unspecified atom stereocenters. The van der Waals surface area contributed by atoms with Gasteiger partial charge in [0.25, 0.3) is 0 Å². The molecular weight excluding hydrogens is 209 g/mol. The van der Waals surface area contributed by atoms with E-state index in [1.807, 2.05) is 21.1 Å². The molecule has 0 aromatic carbocycles. The quantitative estimate of drug-likeness (QED) is 0.541. The molecule has 14 heavy (non-hydrogen) atoms. The lowest BCUT2D eigenvalue weighted by atomic mass is 10.5. The SMILES string of the molecule is CC(=O)OP(=O)(O)OCC[N+](C)(C)C. The molecule has 0 aromatic heterocycles. The van der Waals surface area contributed by atoms with Crippen LogP contribution in [0.2, 0.25) is 0 Å². The van der Waals surface area contributed by atoms with E-state index in [0.29, 0.717) is 11.0 Å². The van der Waals surface area contributed by atoms with Gasteiger partial charge in [0.05, 0.1) is 21.1 Å². The maximum absolute atomic E-state index is 11.0. The van der Waals surface area contributed by atoms with Crippen molar-refractivity contribution >= 4 is 13.8 Å². The van der Waals surface area contributed by atoms with Gasteiger partial charge in [-0.1, -0.05) is 0 Å². The van der Waals surface area contributed by atoms with Crippen molar-refractivity contribution in [3.63, 3.8) is 0 Å². The largest absolute Gasteiger partial charge is 0.529 e. The lowest BCUT2D eigenvalue weighted by molar-refractivity contribution is -0.870. The second-order valence-corrected chi connectivity index (χ2v) is 5.28. The summed E-state index contributed by atoms with van der Waals surface area (Å²) in [6.07, 6.45) is 0. The van der Waals surface area contributed by atoms with Crippen molar-refractivity contribution < 1.29 is 27.8 Å². The summed E-state index contributed by atoms with van der Waals surface area (Å²) >= 11 is 0. The van der Waals surface area contributed by atoms with Gasteiger partial charge in [-0.15, -0.1) is 0 Å². The molecule has 0 heterocycles. The molecule has 0 saturated heterocycles. The Balaban J connectivity index is 3.89. The Labute approximate surface area is 83.6 Å². The highest BCUT2D eigenvalue weighted by Crippen LogP contribution is 2.42. The molecule has 7 heteroatoms. The third-order valence-electron chi connectivity index (χ3n) is 1.26. The van der Waals surface area contributed by atoms with Crippen molar-refractivity contribution in [2.75, 3.05) is 34.3 Å². The topological polar surface area (TPSA) is 72.8 Å². The first-order valence-corrected chi connectivity index (χ1v) is 5.60. The summed E-state index contributed by atoms with van der Waals surface area (Å²) < 4.78 is 20.3. The fourth-order valence-electron chi connectivity index (χ4n) is 0.619. The van der Waals surface area contributed by atoms with Crippen LogP contribution in [0.4, 0.5) is 0 Å². The predicted molar refractivity (Wildman–Crippen MR) is 50.4 cm³/mol. The minimum atomic E-state index is -4.19. The van der Waals surface area contributed by atoms with Crippen LogP contribution in [0.15, 0.2) is 0 Å². The number of hydrogen-bond acceptors (Lipinski definition) is 4. The van der Waals surface area contributed by atoms with Crippen molar-refractivity contribution in [3.05, 3.63) is 0 Å². The summed E-state index contributed by atoms with van der Waals surface area (Å²) in [7, 11) is 1.55. The van der Waals surface area contributed by atoms with E-state index >= 15 is 0 Å². The van der Waals surface area contributed by atoms with E-state index in [1.165, 1.54) is 0 Å². The minimum absolute atomic E-state index is 0.0601. The first-order chi connectivity index (χ1) is 6.12. The number of hydrogen-bond donors (Lipinski definition) is 1. The first-order valence-electron chi connectivity index (χ1n) is 4.10. The zero-order chi connectivity index (χ0) is 11.4. The Hall–Kier alpha value is -0.420. The summed E-state index contributed by atoms with van der Waals surface area (Å²) in [6, 6.07) is 0. The van der Waals surface area contributed by atoms with Crippen LogP contribution in [0, 0.1) is 0 Å². The normalized spacial score (nSPS) is 16.1. The van der Waals surface area contributed by atoms with Gasteiger partial charge >= 0.3 is 13.8 Å². The number of carbonyl (C=O) groups is 1. The zero-order valence-corrected chi connectivity index (χ0v) is 9.78. The number of rotatable bonds is 5. The molecule has 0 saturated carbocycles. The molecule has 0 fully saturated rings. The van der Waals surface area contributed by atoms with E-state index in [2.05, 4.69) is 9.05 Å². The Kier molecular flexibility index (Phi) is 4.74. The van der Waals surface area contributed by atoms with Crippen LogP contribution in [0.5, 0.6) is 0 Å². The molecule has 0 aliphatic carbocycles. The fourth-order valence-corrected chi connectivity index (χ4v) is 1.31. The summed E-state index contributed by atoms with van der Waals surface area (Å²) in [5, 5.41) is 0. The first kappa shape index (κ1) is 13.6. The van der Waals surface area contributed by atoms with Crippen LogP contribution in [0.25, 0.3) is 0 Å². The molecule has 0 rings (SSSR count). The molecule has 0 bridgehead atoms. The molecule has 0 aromatic rings. The number of phosphoric acid groups is 1. The summed E-state index contributed by atoms with van der Waals surface area (Å²) in [6.45, 7) is 1.66. The average molecular weight is 226 g/mol. The average Bonchev–Trinajstić information content (AvgIpc) is 1.78. The van der Waals surface area contributed by atoms with E-state index in [1.54, 1.807) is 0 Å². The molecule has 0 aliphatic heterocycles. The summed E-state index contributed by atoms with van der Waals surface area (Å²) in [5.41, 5.74) is 0. The van der Waals surface area contributed by atoms with Gasteiger partial charge in [0.2, 0.25) is 0 Å². The van der Waals surface area contributed by atoms with Gasteiger partial charge in [-0.25, -0.2) is 4.57 Å². The van der Waals surface area contributed by atoms with Crippen molar-refractivity contribution in [3.8, 4) is 0 Å². The van der Waals surface area contributed by atoms with Crippen molar-refractivity contribution in [2.24, 2.45) is 0 Å². The van der Waals surface area contributed by atoms with Gasteiger partial charge in [-0.3, -0.25) is 14.2 Å². The van der Waals surface area contributed by atoms with Crippen LogP contribution in [-0.2, 0) is 18.4 Å². The van der Waals surface area contributed by atoms with E-state index < -0.39 is 13.8 Å². The van der Waals surface area contributed by atoms with E-state index in [0.717, 1.165) is 6.92 Å². The highest BCUT2D eigenvalue weighted by molar-refractivity contribution is 7.48. The highest BCUT2D eigenvalue weighted by Gasteiger charge is 2.25. The second-order valence-electron chi connectivity index (χ2n) is 3.90. The Morgan fingerprint density at radius 3 is 2.29 bits per heavy atom. The van der Waals surface area contributed by atoms with Gasteiger partial charge in [0.15, 0.2) is 0 Å². The fraction of sp³-hybridized carbons (Fsp3) is 0.857. The lowest BCUT2D eigenvalue weighted by Gasteiger charge is -2.23. The van der Waals surface area contributed by atoms with Gasteiger partial charge in [-0.05, 0) is 0 Å². The van der Waals surface area contributed by atoms with Gasteiger partial charge in [0.1, 0.15) is 13.2 Å². The maximum atomic E-state index is 11.0. The van der Waals surface area contributed by atoms with Crippen molar-refractivity contribution in [1.29, 1.82) is 0 Å². The number of carbonyl (C=O) groups excluding carboxylic acids is 1. The molecule has 0 aliphatic rings. The lowest BCUT2D eigenvalue weighted by Crippen LogP contribution is -2.37. The van der Waals surface area contributed by atoms with Crippen LogP contribution in [0.3, 0.4) is 0 Å². The van der Waals surface area contributed by atoms with Crippen LogP contribution in [-0.4, -0.2) is 49.6 Å². The van der Waals surface area contributed by atoms with Gasteiger partial charge < -0.3 is 9.01 Å². The summed E-state index contributed by atoms with van der Waals surface area (Å²) in [5.74, 6) is -0.832. The van der Waals surface area contributed by atoms with E-state index in [-0.39, 0.29) is 6.61 Å². The Morgan fingerprint density at radius 1 is 1.43 bits per heavy atom. The molecule has 1 atom stereocenters. The molecule has 84 valence electrons. The van der Waals surface area contributed by atoms with Crippen LogP contribution >= 0.6 is 7.82 Å². The highest BCUT2D eigenvalue weighted by atomic mass is 31.2. The third-order valence-corrected chi connectivity index (χ3v) is 2.26. The predicted octanol–water partition coefficient (Wildman–Crippen LogP) is 0.373. The molecular formula is C7H17NO5P+. The van der Waals surface area contributed by atoms with Gasteiger partial charge in [0, 0.05) is 6.92 Å². The summed E-state index contributed by atoms with van der Waals surface area (Å²) in [4.78, 5) is 19.3. The molecule has 0 amide bonds. The van der Waals surface area contributed by atoms with Gasteiger partial charge in [-0.2, -0.15) is 0 Å². The van der Waals surface area contributed by atoms with Crippen LogP contribution in [0.1, 0.15) is 6.92 Å². The zero-order valence-electron chi connectivity index (χ0n) is 8.89. The molecule has 0 radical (unpaired) electrons. The van der Waals surface area contributed by atoms with E-state index in [9.17, 15) is 9.36 Å². The Morgan fingerprint density at radius 2 is 1.93 bits per heavy atom.